The van der Waals surface area contributed by atoms with E-state index in [9.17, 15) is 4.79 Å². The molecule has 2 aromatic heterocycles. The first-order chi connectivity index (χ1) is 7.69. The summed E-state index contributed by atoms with van der Waals surface area (Å²) in [5.41, 5.74) is 3.05. The van der Waals surface area contributed by atoms with Crippen molar-refractivity contribution >= 4 is 5.91 Å². The van der Waals surface area contributed by atoms with Crippen molar-refractivity contribution in [3.8, 4) is 0 Å². The highest BCUT2D eigenvalue weighted by molar-refractivity contribution is 5.91. The van der Waals surface area contributed by atoms with E-state index in [1.54, 1.807) is 4.68 Å². The van der Waals surface area contributed by atoms with E-state index >= 15 is 0 Å². The number of aryl methyl sites for hydroxylation is 1. The highest BCUT2D eigenvalue weighted by Crippen LogP contribution is 2.05. The summed E-state index contributed by atoms with van der Waals surface area (Å²) in [6.07, 6.45) is 1.82. The van der Waals surface area contributed by atoms with Crippen LogP contribution in [-0.2, 0) is 6.54 Å². The van der Waals surface area contributed by atoms with Gasteiger partial charge in [0.05, 0.1) is 5.69 Å². The van der Waals surface area contributed by atoms with E-state index < -0.39 is 5.91 Å². The van der Waals surface area contributed by atoms with E-state index in [1.165, 1.54) is 6.07 Å². The minimum absolute atomic E-state index is 0.154. The van der Waals surface area contributed by atoms with Gasteiger partial charge in [0, 0.05) is 12.3 Å². The number of carbonyl (C=O) groups excluding carboxylic acids is 1. The van der Waals surface area contributed by atoms with Crippen molar-refractivity contribution in [1.82, 2.24) is 20.4 Å². The molecule has 0 aliphatic rings. The lowest BCUT2D eigenvalue weighted by Gasteiger charge is -1.94. The minimum Gasteiger partial charge on any atom is -0.359 e. The number of aromatic nitrogens is 3. The SMILES string of the molecule is Cc1ccn(Cc2cc(C(=O)NN)no2)n1. The van der Waals surface area contributed by atoms with Crippen LogP contribution in [0.5, 0.6) is 0 Å². The largest absolute Gasteiger partial charge is 0.359 e. The summed E-state index contributed by atoms with van der Waals surface area (Å²) >= 11 is 0. The van der Waals surface area contributed by atoms with Crippen LogP contribution in [0.1, 0.15) is 21.9 Å². The molecule has 2 aromatic rings. The Bertz CT molecular complexity index is 501. The van der Waals surface area contributed by atoms with Crippen LogP contribution in [0.4, 0.5) is 0 Å². The number of carbonyl (C=O) groups is 1. The van der Waals surface area contributed by atoms with Crippen LogP contribution in [0.2, 0.25) is 0 Å². The third kappa shape index (κ3) is 2.09. The van der Waals surface area contributed by atoms with Crippen LogP contribution in [0.15, 0.2) is 22.9 Å². The maximum Gasteiger partial charge on any atom is 0.287 e. The number of hydrogen-bond donors (Lipinski definition) is 2. The zero-order valence-electron chi connectivity index (χ0n) is 8.67. The predicted molar refractivity (Wildman–Crippen MR) is 54.2 cm³/mol. The summed E-state index contributed by atoms with van der Waals surface area (Å²) in [6, 6.07) is 3.41. The van der Waals surface area contributed by atoms with Crippen molar-refractivity contribution in [3.63, 3.8) is 0 Å². The van der Waals surface area contributed by atoms with Gasteiger partial charge in [0.15, 0.2) is 11.5 Å². The average molecular weight is 221 g/mol. The van der Waals surface area contributed by atoms with Crippen molar-refractivity contribution < 1.29 is 9.32 Å². The van der Waals surface area contributed by atoms with E-state index in [-0.39, 0.29) is 5.69 Å². The smallest absolute Gasteiger partial charge is 0.287 e. The molecular formula is C9H11N5O2. The minimum atomic E-state index is -0.480. The predicted octanol–water partition coefficient (Wildman–Crippen LogP) is -0.169. The fourth-order valence-corrected chi connectivity index (χ4v) is 1.28. The normalized spacial score (nSPS) is 10.4. The number of hydrogen-bond acceptors (Lipinski definition) is 5. The average Bonchev–Trinajstić information content (AvgIpc) is 2.87. The third-order valence-corrected chi connectivity index (χ3v) is 2.01. The number of nitrogens with two attached hydrogens (primary N) is 1. The Morgan fingerprint density at radius 2 is 2.50 bits per heavy atom. The fraction of sp³-hybridized carbons (Fsp3) is 0.222. The number of hydrazine groups is 1. The maximum atomic E-state index is 11.1. The summed E-state index contributed by atoms with van der Waals surface area (Å²) in [6.45, 7) is 2.32. The maximum absolute atomic E-state index is 11.1. The van der Waals surface area contributed by atoms with Gasteiger partial charge in [0.25, 0.3) is 5.91 Å². The zero-order chi connectivity index (χ0) is 11.5. The summed E-state index contributed by atoms with van der Waals surface area (Å²) in [7, 11) is 0. The van der Waals surface area contributed by atoms with Gasteiger partial charge in [-0.25, -0.2) is 5.84 Å². The molecule has 0 atom stereocenters. The lowest BCUT2D eigenvalue weighted by atomic mass is 10.3. The van der Waals surface area contributed by atoms with Crippen molar-refractivity contribution in [1.29, 1.82) is 0 Å². The van der Waals surface area contributed by atoms with Gasteiger partial charge in [0.2, 0.25) is 0 Å². The molecule has 16 heavy (non-hydrogen) atoms. The lowest BCUT2D eigenvalue weighted by molar-refractivity contribution is 0.0944. The van der Waals surface area contributed by atoms with Gasteiger partial charge < -0.3 is 4.52 Å². The molecule has 84 valence electrons. The second kappa shape index (κ2) is 4.15. The summed E-state index contributed by atoms with van der Waals surface area (Å²) in [4.78, 5) is 11.1. The highest BCUT2D eigenvalue weighted by atomic mass is 16.5. The number of amides is 1. The molecule has 0 radical (unpaired) electrons. The Hall–Kier alpha value is -2.15. The van der Waals surface area contributed by atoms with Gasteiger partial charge in [0.1, 0.15) is 6.54 Å². The van der Waals surface area contributed by atoms with Crippen LogP contribution in [0.25, 0.3) is 0 Å². The lowest BCUT2D eigenvalue weighted by Crippen LogP contribution is -2.30. The monoisotopic (exact) mass is 221 g/mol. The molecule has 0 aliphatic heterocycles. The number of rotatable bonds is 3. The summed E-state index contributed by atoms with van der Waals surface area (Å²) in [5.74, 6) is 5.03. The van der Waals surface area contributed by atoms with Crippen LogP contribution in [0, 0.1) is 6.92 Å². The molecule has 2 heterocycles. The molecule has 0 unspecified atom stereocenters. The third-order valence-electron chi connectivity index (χ3n) is 2.01. The Labute approximate surface area is 91.2 Å². The highest BCUT2D eigenvalue weighted by Gasteiger charge is 2.11. The van der Waals surface area contributed by atoms with Crippen molar-refractivity contribution in [2.24, 2.45) is 5.84 Å². The number of nitrogens with zero attached hydrogens (tertiary/aromatic N) is 3. The van der Waals surface area contributed by atoms with Crippen LogP contribution in [0.3, 0.4) is 0 Å². The summed E-state index contributed by atoms with van der Waals surface area (Å²) in [5, 5.41) is 7.77. The van der Waals surface area contributed by atoms with Crippen LogP contribution in [-0.4, -0.2) is 20.8 Å². The Morgan fingerprint density at radius 1 is 1.69 bits per heavy atom. The second-order valence-corrected chi connectivity index (χ2v) is 3.31. The van der Waals surface area contributed by atoms with E-state index in [0.29, 0.717) is 12.3 Å². The molecule has 1 amide bonds. The molecule has 3 N–H and O–H groups in total. The van der Waals surface area contributed by atoms with Gasteiger partial charge in [-0.3, -0.25) is 14.9 Å². The van der Waals surface area contributed by atoms with Gasteiger partial charge >= 0.3 is 0 Å². The molecule has 7 heteroatoms. The van der Waals surface area contributed by atoms with E-state index in [4.69, 9.17) is 10.4 Å². The first kappa shape index (κ1) is 10.4. The Kier molecular flexibility index (Phi) is 2.69. The summed E-state index contributed by atoms with van der Waals surface area (Å²) < 4.78 is 6.67. The topological polar surface area (TPSA) is 99.0 Å². The van der Waals surface area contributed by atoms with Gasteiger partial charge in [-0.15, -0.1) is 0 Å². The molecule has 7 nitrogen and oxygen atoms in total. The zero-order valence-corrected chi connectivity index (χ0v) is 8.67. The van der Waals surface area contributed by atoms with Gasteiger partial charge in [-0.1, -0.05) is 5.16 Å². The van der Waals surface area contributed by atoms with Crippen LogP contribution < -0.4 is 11.3 Å². The fourth-order valence-electron chi connectivity index (χ4n) is 1.28. The van der Waals surface area contributed by atoms with E-state index in [2.05, 4.69) is 10.3 Å². The quantitative estimate of drug-likeness (QED) is 0.426. The number of nitrogen functional groups attached to an aromatic ring is 1. The van der Waals surface area contributed by atoms with Crippen molar-refractivity contribution in [2.75, 3.05) is 0 Å². The molecule has 0 aliphatic carbocycles. The van der Waals surface area contributed by atoms with Gasteiger partial charge in [-0.2, -0.15) is 5.10 Å². The second-order valence-electron chi connectivity index (χ2n) is 3.31. The molecule has 2 rings (SSSR count). The van der Waals surface area contributed by atoms with Gasteiger partial charge in [-0.05, 0) is 13.0 Å². The Balaban J connectivity index is 2.11. The van der Waals surface area contributed by atoms with E-state index in [1.807, 2.05) is 24.6 Å². The molecule has 0 spiro atoms. The molecule has 0 saturated carbocycles. The van der Waals surface area contributed by atoms with Crippen molar-refractivity contribution in [2.45, 2.75) is 13.5 Å². The number of nitrogens with one attached hydrogen (secondary N) is 1. The molecular weight excluding hydrogens is 210 g/mol. The molecule has 0 aromatic carbocycles. The first-order valence-corrected chi connectivity index (χ1v) is 4.65. The molecule has 0 saturated heterocycles. The van der Waals surface area contributed by atoms with Crippen LogP contribution >= 0.6 is 0 Å². The molecule has 0 fully saturated rings. The first-order valence-electron chi connectivity index (χ1n) is 4.65. The molecule has 0 bridgehead atoms. The Morgan fingerprint density at radius 3 is 3.12 bits per heavy atom. The standard InChI is InChI=1S/C9H11N5O2/c1-6-2-3-14(12-6)5-7-4-8(13-16-7)9(15)11-10/h2-4H,5,10H2,1H3,(H,11,15). The van der Waals surface area contributed by atoms with Crippen molar-refractivity contribution in [3.05, 3.63) is 35.5 Å². The van der Waals surface area contributed by atoms with E-state index in [0.717, 1.165) is 5.69 Å².